The van der Waals surface area contributed by atoms with Crippen LogP contribution in [0.5, 0.6) is 0 Å². The molecular formula is C10H9N3O. The van der Waals surface area contributed by atoms with Gasteiger partial charge in [-0.25, -0.2) is 4.98 Å². The Balaban J connectivity index is 2.26. The van der Waals surface area contributed by atoms with Gasteiger partial charge in [-0.2, -0.15) is 0 Å². The number of nitrogens with one attached hydrogen (secondary N) is 2. The number of carbonyl (C=O) groups is 1. The average Bonchev–Trinajstić information content (AvgIpc) is 2.72. The number of carbonyl (C=O) groups excluding carboxylic acids is 1. The molecule has 0 bridgehead atoms. The van der Waals surface area contributed by atoms with E-state index in [1.54, 1.807) is 12.5 Å². The zero-order chi connectivity index (χ0) is 9.80. The molecular weight excluding hydrogens is 178 g/mol. The van der Waals surface area contributed by atoms with Gasteiger partial charge >= 0.3 is 0 Å². The lowest BCUT2D eigenvalue weighted by Gasteiger charge is -2.00. The molecule has 1 aromatic carbocycles. The van der Waals surface area contributed by atoms with Crippen molar-refractivity contribution in [1.29, 1.82) is 0 Å². The van der Waals surface area contributed by atoms with Crippen molar-refractivity contribution < 1.29 is 4.79 Å². The Hall–Kier alpha value is -2.10. The summed E-state index contributed by atoms with van der Waals surface area (Å²) in [7, 11) is 0. The first-order valence-corrected chi connectivity index (χ1v) is 4.19. The van der Waals surface area contributed by atoms with Crippen LogP contribution in [0.25, 0.3) is 11.3 Å². The minimum absolute atomic E-state index is 0.658. The highest BCUT2D eigenvalue weighted by atomic mass is 16.1. The number of benzene rings is 1. The van der Waals surface area contributed by atoms with E-state index in [0.717, 1.165) is 16.9 Å². The van der Waals surface area contributed by atoms with Gasteiger partial charge in [-0.3, -0.25) is 4.79 Å². The predicted molar refractivity (Wildman–Crippen MR) is 53.7 cm³/mol. The van der Waals surface area contributed by atoms with E-state index < -0.39 is 0 Å². The highest BCUT2D eigenvalue weighted by Crippen LogP contribution is 2.18. The fourth-order valence-electron chi connectivity index (χ4n) is 1.23. The van der Waals surface area contributed by atoms with Gasteiger partial charge in [-0.15, -0.1) is 0 Å². The van der Waals surface area contributed by atoms with Crippen LogP contribution in [0.3, 0.4) is 0 Å². The van der Waals surface area contributed by atoms with Crippen LogP contribution in [0.15, 0.2) is 36.8 Å². The van der Waals surface area contributed by atoms with E-state index in [4.69, 9.17) is 0 Å². The van der Waals surface area contributed by atoms with Gasteiger partial charge in [0.2, 0.25) is 6.41 Å². The molecule has 1 amide bonds. The number of hydrogen-bond donors (Lipinski definition) is 2. The molecule has 0 aliphatic rings. The predicted octanol–water partition coefficient (Wildman–Crippen LogP) is 1.64. The van der Waals surface area contributed by atoms with Crippen molar-refractivity contribution in [3.8, 4) is 11.3 Å². The maximum absolute atomic E-state index is 10.2. The third-order valence-corrected chi connectivity index (χ3v) is 1.92. The molecule has 0 radical (unpaired) electrons. The summed E-state index contributed by atoms with van der Waals surface area (Å²) in [6.45, 7) is 0. The molecule has 0 aliphatic carbocycles. The van der Waals surface area contributed by atoms with E-state index in [0.29, 0.717) is 6.41 Å². The molecule has 0 saturated heterocycles. The molecule has 0 aliphatic heterocycles. The van der Waals surface area contributed by atoms with Crippen LogP contribution < -0.4 is 5.32 Å². The van der Waals surface area contributed by atoms with Crippen LogP contribution in [0, 0.1) is 0 Å². The van der Waals surface area contributed by atoms with Crippen molar-refractivity contribution >= 4 is 12.1 Å². The van der Waals surface area contributed by atoms with Gasteiger partial charge in [-0.1, -0.05) is 12.1 Å². The van der Waals surface area contributed by atoms with Crippen molar-refractivity contribution in [2.24, 2.45) is 0 Å². The number of aromatic nitrogens is 2. The Morgan fingerprint density at radius 2 is 2.07 bits per heavy atom. The van der Waals surface area contributed by atoms with Crippen LogP contribution in [-0.4, -0.2) is 16.4 Å². The smallest absolute Gasteiger partial charge is 0.211 e. The minimum Gasteiger partial charge on any atom is -0.345 e. The van der Waals surface area contributed by atoms with Crippen LogP contribution in [-0.2, 0) is 4.79 Å². The Labute approximate surface area is 81.0 Å². The molecule has 0 fully saturated rings. The number of amides is 1. The molecule has 4 nitrogen and oxygen atoms in total. The lowest BCUT2D eigenvalue weighted by Crippen LogP contribution is -1.92. The third-order valence-electron chi connectivity index (χ3n) is 1.92. The zero-order valence-corrected chi connectivity index (χ0v) is 7.40. The summed E-state index contributed by atoms with van der Waals surface area (Å²) >= 11 is 0. The number of rotatable bonds is 3. The Kier molecular flexibility index (Phi) is 2.27. The molecule has 4 heteroatoms. The normalized spacial score (nSPS) is 9.71. The summed E-state index contributed by atoms with van der Waals surface area (Å²) in [5.74, 6) is 0. The first-order valence-electron chi connectivity index (χ1n) is 4.19. The fraction of sp³-hybridized carbons (Fsp3) is 0. The SMILES string of the molecule is O=CNc1ccc(-c2cnc[nH]2)cc1. The van der Waals surface area contributed by atoms with E-state index in [9.17, 15) is 4.79 Å². The molecule has 2 rings (SSSR count). The second-order valence-corrected chi connectivity index (χ2v) is 2.80. The van der Waals surface area contributed by atoms with Crippen LogP contribution >= 0.6 is 0 Å². The standard InChI is InChI=1S/C10H9N3O/c14-7-13-9-3-1-8(2-4-9)10-5-11-6-12-10/h1-7H,(H,11,12)(H,13,14). The second kappa shape index (κ2) is 3.74. The molecule has 0 spiro atoms. The topological polar surface area (TPSA) is 57.8 Å². The molecule has 14 heavy (non-hydrogen) atoms. The van der Waals surface area contributed by atoms with Crippen molar-refractivity contribution in [1.82, 2.24) is 9.97 Å². The molecule has 1 heterocycles. The highest BCUT2D eigenvalue weighted by molar-refractivity contribution is 5.73. The maximum atomic E-state index is 10.2. The molecule has 0 atom stereocenters. The number of aromatic amines is 1. The van der Waals surface area contributed by atoms with Gasteiger partial charge in [0.05, 0.1) is 18.2 Å². The van der Waals surface area contributed by atoms with E-state index in [2.05, 4.69) is 15.3 Å². The van der Waals surface area contributed by atoms with Crippen molar-refractivity contribution in [3.63, 3.8) is 0 Å². The zero-order valence-electron chi connectivity index (χ0n) is 7.40. The van der Waals surface area contributed by atoms with Gasteiger partial charge in [0.15, 0.2) is 0 Å². The van der Waals surface area contributed by atoms with Gasteiger partial charge in [0.1, 0.15) is 0 Å². The van der Waals surface area contributed by atoms with E-state index in [1.165, 1.54) is 0 Å². The molecule has 1 aromatic heterocycles. The molecule has 0 saturated carbocycles. The van der Waals surface area contributed by atoms with E-state index in [-0.39, 0.29) is 0 Å². The summed E-state index contributed by atoms with van der Waals surface area (Å²) in [5, 5.41) is 2.57. The van der Waals surface area contributed by atoms with Gasteiger partial charge in [0, 0.05) is 5.69 Å². The lowest BCUT2D eigenvalue weighted by molar-refractivity contribution is -0.105. The quantitative estimate of drug-likeness (QED) is 0.718. The Morgan fingerprint density at radius 1 is 1.29 bits per heavy atom. The summed E-state index contributed by atoms with van der Waals surface area (Å²) in [5.41, 5.74) is 2.78. The maximum Gasteiger partial charge on any atom is 0.211 e. The monoisotopic (exact) mass is 187 g/mol. The summed E-state index contributed by atoms with van der Waals surface area (Å²) in [4.78, 5) is 17.1. The van der Waals surface area contributed by atoms with Gasteiger partial charge in [-0.05, 0) is 17.7 Å². The van der Waals surface area contributed by atoms with Gasteiger partial charge in [0.25, 0.3) is 0 Å². The van der Waals surface area contributed by atoms with Crippen molar-refractivity contribution in [2.45, 2.75) is 0 Å². The van der Waals surface area contributed by atoms with E-state index in [1.807, 2.05) is 24.3 Å². The molecule has 2 aromatic rings. The van der Waals surface area contributed by atoms with Crippen molar-refractivity contribution in [2.75, 3.05) is 5.32 Å². The van der Waals surface area contributed by atoms with Gasteiger partial charge < -0.3 is 10.3 Å². The first-order chi connectivity index (χ1) is 6.90. The second-order valence-electron chi connectivity index (χ2n) is 2.80. The summed E-state index contributed by atoms with van der Waals surface area (Å²) in [6.07, 6.45) is 4.04. The number of anilines is 1. The van der Waals surface area contributed by atoms with Crippen LogP contribution in [0.4, 0.5) is 5.69 Å². The third kappa shape index (κ3) is 1.64. The molecule has 0 unspecified atom stereocenters. The molecule has 2 N–H and O–H groups in total. The number of H-pyrrole nitrogens is 1. The first kappa shape index (κ1) is 8.50. The number of nitrogens with zero attached hydrogens (tertiary/aromatic N) is 1. The van der Waals surface area contributed by atoms with Crippen LogP contribution in [0.1, 0.15) is 0 Å². The summed E-state index contributed by atoms with van der Waals surface area (Å²) < 4.78 is 0. The number of hydrogen-bond acceptors (Lipinski definition) is 2. The Bertz CT molecular complexity index is 405. The fourth-order valence-corrected chi connectivity index (χ4v) is 1.23. The van der Waals surface area contributed by atoms with Crippen LogP contribution in [0.2, 0.25) is 0 Å². The summed E-state index contributed by atoms with van der Waals surface area (Å²) in [6, 6.07) is 7.51. The highest BCUT2D eigenvalue weighted by Gasteiger charge is 1.97. The number of imidazole rings is 1. The van der Waals surface area contributed by atoms with E-state index >= 15 is 0 Å². The van der Waals surface area contributed by atoms with Crippen molar-refractivity contribution in [3.05, 3.63) is 36.8 Å². The largest absolute Gasteiger partial charge is 0.345 e. The lowest BCUT2D eigenvalue weighted by atomic mass is 10.1. The minimum atomic E-state index is 0.658. The Morgan fingerprint density at radius 3 is 2.64 bits per heavy atom. The average molecular weight is 187 g/mol. The molecule has 70 valence electrons.